The highest BCUT2D eigenvalue weighted by Gasteiger charge is 2.30. The summed E-state index contributed by atoms with van der Waals surface area (Å²) in [6.45, 7) is 1.68. The Labute approximate surface area is 90.5 Å². The van der Waals surface area contributed by atoms with Crippen LogP contribution in [-0.2, 0) is 0 Å². The van der Waals surface area contributed by atoms with Gasteiger partial charge >= 0.3 is 0 Å². The molecule has 2 unspecified atom stereocenters. The Morgan fingerprint density at radius 3 is 2.80 bits per heavy atom. The third-order valence-electron chi connectivity index (χ3n) is 3.34. The molecule has 0 spiro atoms. The van der Waals surface area contributed by atoms with Gasteiger partial charge in [0.1, 0.15) is 5.75 Å². The van der Waals surface area contributed by atoms with Crippen molar-refractivity contribution >= 4 is 0 Å². The lowest BCUT2D eigenvalue weighted by Gasteiger charge is -2.15. The second-order valence-corrected chi connectivity index (χ2v) is 4.32. The second kappa shape index (κ2) is 4.21. The molecule has 1 heterocycles. The molecule has 0 aliphatic carbocycles. The lowest BCUT2D eigenvalue weighted by Crippen LogP contribution is -2.31. The van der Waals surface area contributed by atoms with Crippen molar-refractivity contribution in [2.75, 3.05) is 20.1 Å². The second-order valence-electron chi connectivity index (χ2n) is 4.32. The van der Waals surface area contributed by atoms with E-state index in [0.29, 0.717) is 24.3 Å². The molecule has 3 heteroatoms. The van der Waals surface area contributed by atoms with Gasteiger partial charge in [-0.1, -0.05) is 18.2 Å². The van der Waals surface area contributed by atoms with E-state index in [4.69, 9.17) is 5.73 Å². The van der Waals surface area contributed by atoms with E-state index in [1.54, 1.807) is 6.07 Å². The summed E-state index contributed by atoms with van der Waals surface area (Å²) in [4.78, 5) is 2.27. The number of likely N-dealkylation sites (tertiary alicyclic amines) is 1. The summed E-state index contributed by atoms with van der Waals surface area (Å²) in [5, 5.41) is 9.77. The van der Waals surface area contributed by atoms with Gasteiger partial charge in [0.25, 0.3) is 0 Å². The molecule has 1 aliphatic heterocycles. The number of nitrogens with two attached hydrogens (primary N) is 1. The number of phenolic OH excluding ortho intramolecular Hbond substituents is 1. The molecule has 0 amide bonds. The van der Waals surface area contributed by atoms with Crippen molar-refractivity contribution in [3.05, 3.63) is 29.8 Å². The molecule has 1 fully saturated rings. The van der Waals surface area contributed by atoms with Crippen LogP contribution in [0.1, 0.15) is 17.9 Å². The molecule has 3 N–H and O–H groups in total. The van der Waals surface area contributed by atoms with E-state index >= 15 is 0 Å². The monoisotopic (exact) mass is 206 g/mol. The van der Waals surface area contributed by atoms with E-state index in [2.05, 4.69) is 11.9 Å². The normalized spacial score (nSPS) is 27.1. The summed E-state index contributed by atoms with van der Waals surface area (Å²) in [6.07, 6.45) is 1.05. The summed E-state index contributed by atoms with van der Waals surface area (Å²) in [7, 11) is 2.09. The SMILES string of the molecule is CN1CC(c2ccccc2O)CC1CN. The van der Waals surface area contributed by atoms with E-state index in [1.165, 1.54) is 0 Å². The van der Waals surface area contributed by atoms with Crippen LogP contribution in [0.5, 0.6) is 5.75 Å². The van der Waals surface area contributed by atoms with Crippen molar-refractivity contribution < 1.29 is 5.11 Å². The molecule has 1 aliphatic rings. The standard InChI is InChI=1S/C12H18N2O/c1-14-8-9(6-10(14)7-13)11-4-2-3-5-12(11)15/h2-5,9-10,15H,6-8,13H2,1H3. The Hall–Kier alpha value is -1.06. The smallest absolute Gasteiger partial charge is 0.119 e. The van der Waals surface area contributed by atoms with E-state index < -0.39 is 0 Å². The quantitative estimate of drug-likeness (QED) is 0.763. The lowest BCUT2D eigenvalue weighted by atomic mass is 9.95. The summed E-state index contributed by atoms with van der Waals surface area (Å²) < 4.78 is 0. The average molecular weight is 206 g/mol. The highest BCUT2D eigenvalue weighted by atomic mass is 16.3. The molecule has 1 saturated heterocycles. The van der Waals surface area contributed by atoms with Crippen LogP contribution in [0, 0.1) is 0 Å². The number of likely N-dealkylation sites (N-methyl/N-ethyl adjacent to an activating group) is 1. The van der Waals surface area contributed by atoms with Crippen LogP contribution in [0.3, 0.4) is 0 Å². The maximum absolute atomic E-state index is 9.77. The summed E-state index contributed by atoms with van der Waals surface area (Å²) in [5.41, 5.74) is 6.75. The molecule has 2 rings (SSSR count). The van der Waals surface area contributed by atoms with Gasteiger partial charge in [0, 0.05) is 25.0 Å². The molecule has 0 radical (unpaired) electrons. The molecule has 0 aromatic heterocycles. The van der Waals surface area contributed by atoms with Crippen molar-refractivity contribution in [1.29, 1.82) is 0 Å². The number of nitrogens with zero attached hydrogens (tertiary/aromatic N) is 1. The molecule has 1 aromatic carbocycles. The molecule has 15 heavy (non-hydrogen) atoms. The fraction of sp³-hybridized carbons (Fsp3) is 0.500. The van der Waals surface area contributed by atoms with Gasteiger partial charge in [-0.3, -0.25) is 0 Å². The van der Waals surface area contributed by atoms with Gasteiger partial charge in [0.15, 0.2) is 0 Å². The number of para-hydroxylation sites is 1. The van der Waals surface area contributed by atoms with Crippen LogP contribution in [0.4, 0.5) is 0 Å². The number of hydrogen-bond donors (Lipinski definition) is 2. The van der Waals surface area contributed by atoms with Crippen molar-refractivity contribution in [3.63, 3.8) is 0 Å². The van der Waals surface area contributed by atoms with Crippen LogP contribution in [0.25, 0.3) is 0 Å². The minimum atomic E-state index is 0.411. The van der Waals surface area contributed by atoms with Crippen LogP contribution < -0.4 is 5.73 Å². The molecule has 0 saturated carbocycles. The topological polar surface area (TPSA) is 49.5 Å². The Balaban J connectivity index is 2.17. The predicted octanol–water partition coefficient (Wildman–Crippen LogP) is 1.14. The van der Waals surface area contributed by atoms with Gasteiger partial charge in [0.2, 0.25) is 0 Å². The van der Waals surface area contributed by atoms with E-state index in [9.17, 15) is 5.11 Å². The summed E-state index contributed by atoms with van der Waals surface area (Å²) in [5.74, 6) is 0.832. The Morgan fingerprint density at radius 2 is 2.20 bits per heavy atom. The number of phenols is 1. The molecule has 1 aromatic rings. The van der Waals surface area contributed by atoms with Gasteiger partial charge in [-0.05, 0) is 25.1 Å². The van der Waals surface area contributed by atoms with E-state index in [-0.39, 0.29) is 0 Å². The van der Waals surface area contributed by atoms with Gasteiger partial charge < -0.3 is 15.7 Å². The Morgan fingerprint density at radius 1 is 1.47 bits per heavy atom. The highest BCUT2D eigenvalue weighted by Crippen LogP contribution is 2.34. The minimum absolute atomic E-state index is 0.411. The van der Waals surface area contributed by atoms with Gasteiger partial charge in [-0.25, -0.2) is 0 Å². The number of rotatable bonds is 2. The summed E-state index contributed by atoms with van der Waals surface area (Å²) in [6, 6.07) is 8.05. The number of aromatic hydroxyl groups is 1. The fourth-order valence-corrected chi connectivity index (χ4v) is 2.41. The van der Waals surface area contributed by atoms with Crippen molar-refractivity contribution in [2.45, 2.75) is 18.4 Å². The number of benzene rings is 1. The van der Waals surface area contributed by atoms with Gasteiger partial charge in [0.05, 0.1) is 0 Å². The van der Waals surface area contributed by atoms with Crippen molar-refractivity contribution in [2.24, 2.45) is 5.73 Å². The fourth-order valence-electron chi connectivity index (χ4n) is 2.41. The van der Waals surface area contributed by atoms with Crippen LogP contribution in [0.15, 0.2) is 24.3 Å². The minimum Gasteiger partial charge on any atom is -0.508 e. The van der Waals surface area contributed by atoms with E-state index in [1.807, 2.05) is 18.2 Å². The zero-order valence-electron chi connectivity index (χ0n) is 9.06. The zero-order valence-corrected chi connectivity index (χ0v) is 9.06. The predicted molar refractivity (Wildman–Crippen MR) is 60.9 cm³/mol. The Bertz CT molecular complexity index is 340. The van der Waals surface area contributed by atoms with E-state index in [0.717, 1.165) is 18.5 Å². The van der Waals surface area contributed by atoms with Gasteiger partial charge in [-0.2, -0.15) is 0 Å². The third-order valence-corrected chi connectivity index (χ3v) is 3.34. The van der Waals surface area contributed by atoms with Gasteiger partial charge in [-0.15, -0.1) is 0 Å². The molecular formula is C12H18N2O. The molecule has 0 bridgehead atoms. The van der Waals surface area contributed by atoms with Crippen LogP contribution in [-0.4, -0.2) is 36.2 Å². The Kier molecular flexibility index (Phi) is 2.93. The molecule has 82 valence electrons. The molecule has 3 nitrogen and oxygen atoms in total. The third kappa shape index (κ3) is 1.98. The van der Waals surface area contributed by atoms with Crippen molar-refractivity contribution in [3.8, 4) is 5.75 Å². The zero-order chi connectivity index (χ0) is 10.8. The van der Waals surface area contributed by atoms with Crippen LogP contribution >= 0.6 is 0 Å². The largest absolute Gasteiger partial charge is 0.508 e. The molecular weight excluding hydrogens is 188 g/mol. The lowest BCUT2D eigenvalue weighted by molar-refractivity contribution is 0.315. The molecule has 2 atom stereocenters. The average Bonchev–Trinajstić information content (AvgIpc) is 2.60. The van der Waals surface area contributed by atoms with Crippen molar-refractivity contribution in [1.82, 2.24) is 4.90 Å². The highest BCUT2D eigenvalue weighted by molar-refractivity contribution is 5.35. The maximum Gasteiger partial charge on any atom is 0.119 e. The van der Waals surface area contributed by atoms with Crippen LogP contribution in [0.2, 0.25) is 0 Å². The first-order valence-electron chi connectivity index (χ1n) is 5.40. The maximum atomic E-state index is 9.77. The first-order valence-corrected chi connectivity index (χ1v) is 5.40. The summed E-state index contributed by atoms with van der Waals surface area (Å²) >= 11 is 0. The number of hydrogen-bond acceptors (Lipinski definition) is 3. The first-order chi connectivity index (χ1) is 7.22. The first kappa shape index (κ1) is 10.5.